The van der Waals surface area contributed by atoms with Gasteiger partial charge in [0.05, 0.1) is 18.9 Å². The third kappa shape index (κ3) is 3.79. The Labute approximate surface area is 131 Å². The molecule has 2 aromatic rings. The zero-order valence-electron chi connectivity index (χ0n) is 12.2. The molecule has 0 spiro atoms. The first-order valence-electron chi connectivity index (χ1n) is 6.74. The van der Waals surface area contributed by atoms with Crippen molar-refractivity contribution in [2.24, 2.45) is 0 Å². The van der Waals surface area contributed by atoms with E-state index in [0.717, 1.165) is 11.3 Å². The van der Waals surface area contributed by atoms with Crippen LogP contribution in [0.4, 0.5) is 8.78 Å². The topological polar surface area (TPSA) is 48.4 Å². The molecule has 0 saturated heterocycles. The first-order valence-corrected chi connectivity index (χ1v) is 9.23. The molecule has 0 amide bonds. The Hall–Kier alpha value is -1.14. The molecule has 1 heterocycles. The van der Waals surface area contributed by atoms with Crippen molar-refractivity contribution in [2.45, 2.75) is 19.8 Å². The summed E-state index contributed by atoms with van der Waals surface area (Å²) >= 11 is 1.02. The third-order valence-corrected chi connectivity index (χ3v) is 5.85. The number of halogens is 2. The van der Waals surface area contributed by atoms with Crippen LogP contribution in [0.3, 0.4) is 0 Å². The zero-order chi connectivity index (χ0) is 16.2. The van der Waals surface area contributed by atoms with Crippen LogP contribution in [0, 0.1) is 5.82 Å². The highest BCUT2D eigenvalue weighted by molar-refractivity contribution is 7.54. The Balaban J connectivity index is 2.26. The van der Waals surface area contributed by atoms with Gasteiger partial charge in [-0.25, -0.2) is 13.8 Å². The van der Waals surface area contributed by atoms with E-state index in [4.69, 9.17) is 9.05 Å². The maximum absolute atomic E-state index is 14.5. The van der Waals surface area contributed by atoms with E-state index in [-0.39, 0.29) is 24.0 Å². The molecule has 22 heavy (non-hydrogen) atoms. The Morgan fingerprint density at radius 3 is 2.36 bits per heavy atom. The second-order valence-corrected chi connectivity index (χ2v) is 7.23. The van der Waals surface area contributed by atoms with Crippen LogP contribution in [0.25, 0.3) is 11.3 Å². The maximum Gasteiger partial charge on any atom is 0.371 e. The van der Waals surface area contributed by atoms with Gasteiger partial charge in [-0.1, -0.05) is 0 Å². The Kier molecular flexibility index (Phi) is 5.81. The van der Waals surface area contributed by atoms with Gasteiger partial charge in [-0.15, -0.1) is 11.3 Å². The summed E-state index contributed by atoms with van der Waals surface area (Å²) in [7, 11) is -3.90. The summed E-state index contributed by atoms with van der Waals surface area (Å²) in [4.78, 5) is 4.13. The van der Waals surface area contributed by atoms with Gasteiger partial charge in [-0.2, -0.15) is 0 Å². The molecular weight excluding hydrogens is 331 g/mol. The van der Waals surface area contributed by atoms with Crippen LogP contribution in [0.1, 0.15) is 24.8 Å². The van der Waals surface area contributed by atoms with Crippen molar-refractivity contribution in [3.05, 3.63) is 40.5 Å². The van der Waals surface area contributed by atoms with Crippen LogP contribution in [0.5, 0.6) is 0 Å². The molecule has 8 heteroatoms. The summed E-state index contributed by atoms with van der Waals surface area (Å²) in [5.74, 6) is -2.30. The number of alkyl halides is 1. The summed E-state index contributed by atoms with van der Waals surface area (Å²) in [6.45, 7) is 3.39. The third-order valence-electron chi connectivity index (χ3n) is 2.76. The number of aromatic nitrogens is 1. The average molecular weight is 347 g/mol. The van der Waals surface area contributed by atoms with Gasteiger partial charge in [0.25, 0.3) is 5.91 Å². The highest BCUT2D eigenvalue weighted by Gasteiger charge is 2.39. The SMILES string of the molecule is CCOP(=O)(OCC)C(F)c1nc(-c2ccc(F)cc2)cs1. The molecule has 0 radical (unpaired) electrons. The number of thiazole rings is 1. The number of nitrogens with zero attached hydrogens (tertiary/aromatic N) is 1. The minimum atomic E-state index is -3.90. The molecule has 0 aliphatic carbocycles. The molecule has 2 rings (SSSR count). The maximum atomic E-state index is 14.5. The Morgan fingerprint density at radius 1 is 1.23 bits per heavy atom. The monoisotopic (exact) mass is 347 g/mol. The lowest BCUT2D eigenvalue weighted by Gasteiger charge is -2.18. The number of hydrogen-bond donors (Lipinski definition) is 0. The molecule has 120 valence electrons. The first-order chi connectivity index (χ1) is 10.5. The van der Waals surface area contributed by atoms with Gasteiger partial charge in [0.2, 0.25) is 0 Å². The lowest BCUT2D eigenvalue weighted by atomic mass is 10.2. The van der Waals surface area contributed by atoms with E-state index in [1.54, 1.807) is 31.4 Å². The number of hydrogen-bond acceptors (Lipinski definition) is 5. The van der Waals surface area contributed by atoms with Gasteiger partial charge >= 0.3 is 7.60 Å². The Morgan fingerprint density at radius 2 is 1.82 bits per heavy atom. The highest BCUT2D eigenvalue weighted by atomic mass is 32.1. The van der Waals surface area contributed by atoms with Crippen LogP contribution >= 0.6 is 18.9 Å². The molecule has 1 aromatic heterocycles. The predicted molar refractivity (Wildman–Crippen MR) is 82.2 cm³/mol. The minimum Gasteiger partial charge on any atom is -0.307 e. The van der Waals surface area contributed by atoms with Crippen molar-refractivity contribution < 1.29 is 22.4 Å². The lowest BCUT2D eigenvalue weighted by molar-refractivity contribution is 0.190. The highest BCUT2D eigenvalue weighted by Crippen LogP contribution is 2.62. The number of benzene rings is 1. The van der Waals surface area contributed by atoms with Crippen molar-refractivity contribution in [3.8, 4) is 11.3 Å². The van der Waals surface area contributed by atoms with E-state index in [0.29, 0.717) is 11.3 Å². The van der Waals surface area contributed by atoms with Crippen molar-refractivity contribution in [3.63, 3.8) is 0 Å². The van der Waals surface area contributed by atoms with Crippen LogP contribution in [0.2, 0.25) is 0 Å². The fourth-order valence-electron chi connectivity index (χ4n) is 1.81. The van der Waals surface area contributed by atoms with E-state index in [1.807, 2.05) is 0 Å². The van der Waals surface area contributed by atoms with Gasteiger partial charge in [0.1, 0.15) is 10.8 Å². The molecule has 0 saturated carbocycles. The van der Waals surface area contributed by atoms with Gasteiger partial charge in [-0.05, 0) is 38.1 Å². The largest absolute Gasteiger partial charge is 0.371 e. The standard InChI is InChI=1S/C14H16F2NO3PS/c1-3-19-21(18,20-4-2)13(16)14-17-12(9-22-14)10-5-7-11(15)8-6-10/h5-9,13H,3-4H2,1-2H3. The van der Waals surface area contributed by atoms with Crippen LogP contribution < -0.4 is 0 Å². The average Bonchev–Trinajstić information content (AvgIpc) is 2.97. The van der Waals surface area contributed by atoms with Crippen LogP contribution in [-0.2, 0) is 13.6 Å². The van der Waals surface area contributed by atoms with Crippen LogP contribution in [0.15, 0.2) is 29.6 Å². The minimum absolute atomic E-state index is 0.0181. The smallest absolute Gasteiger partial charge is 0.307 e. The molecule has 1 aromatic carbocycles. The molecule has 1 unspecified atom stereocenters. The van der Waals surface area contributed by atoms with Gasteiger partial charge in [0.15, 0.2) is 0 Å². The molecule has 0 fully saturated rings. The molecule has 0 aliphatic heterocycles. The summed E-state index contributed by atoms with van der Waals surface area (Å²) in [5, 5.41) is 1.64. The number of rotatable bonds is 7. The fourth-order valence-corrected chi connectivity index (χ4v) is 4.45. The summed E-state index contributed by atoms with van der Waals surface area (Å²) in [6, 6.07) is 5.69. The summed E-state index contributed by atoms with van der Waals surface area (Å²) in [6.07, 6.45) is 0. The van der Waals surface area contributed by atoms with Crippen molar-refractivity contribution in [1.82, 2.24) is 4.98 Å². The normalized spacial score (nSPS) is 13.3. The summed E-state index contributed by atoms with van der Waals surface area (Å²) < 4.78 is 49.8. The quantitative estimate of drug-likeness (QED) is 0.647. The zero-order valence-corrected chi connectivity index (χ0v) is 13.9. The van der Waals surface area contributed by atoms with Gasteiger partial charge in [-0.3, -0.25) is 4.57 Å². The van der Waals surface area contributed by atoms with Crippen molar-refractivity contribution >= 4 is 18.9 Å². The lowest BCUT2D eigenvalue weighted by Crippen LogP contribution is -2.02. The van der Waals surface area contributed by atoms with Crippen molar-refractivity contribution in [1.29, 1.82) is 0 Å². The molecule has 0 bridgehead atoms. The van der Waals surface area contributed by atoms with Gasteiger partial charge < -0.3 is 9.05 Å². The predicted octanol–water partition coefficient (Wildman–Crippen LogP) is 5.18. The molecule has 0 aliphatic rings. The van der Waals surface area contributed by atoms with E-state index in [1.165, 1.54) is 12.1 Å². The van der Waals surface area contributed by atoms with Crippen molar-refractivity contribution in [2.75, 3.05) is 13.2 Å². The molecule has 1 atom stereocenters. The molecule has 0 N–H and O–H groups in total. The second-order valence-electron chi connectivity index (χ2n) is 4.29. The summed E-state index contributed by atoms with van der Waals surface area (Å²) in [5.41, 5.74) is 1.14. The van der Waals surface area contributed by atoms with E-state index >= 15 is 0 Å². The molecule has 4 nitrogen and oxygen atoms in total. The fraction of sp³-hybridized carbons (Fsp3) is 0.357. The second kappa shape index (κ2) is 7.42. The molecular formula is C14H16F2NO3PS. The van der Waals surface area contributed by atoms with E-state index < -0.39 is 13.5 Å². The van der Waals surface area contributed by atoms with E-state index in [2.05, 4.69) is 4.98 Å². The van der Waals surface area contributed by atoms with Crippen LogP contribution in [-0.4, -0.2) is 18.2 Å². The Bertz CT molecular complexity index is 652. The van der Waals surface area contributed by atoms with E-state index in [9.17, 15) is 13.3 Å². The first kappa shape index (κ1) is 17.2. The van der Waals surface area contributed by atoms with Gasteiger partial charge in [0, 0.05) is 10.9 Å².